The van der Waals surface area contributed by atoms with Gasteiger partial charge >= 0.3 is 12.1 Å². The number of halogens is 4. The Labute approximate surface area is 153 Å². The first-order chi connectivity index (χ1) is 12.1. The number of carbonyl (C=O) groups excluding carboxylic acids is 1. The summed E-state index contributed by atoms with van der Waals surface area (Å²) in [4.78, 5) is 11.5. The van der Waals surface area contributed by atoms with Crippen molar-refractivity contribution in [3.05, 3.63) is 52.5 Å². The van der Waals surface area contributed by atoms with Gasteiger partial charge < -0.3 is 14.2 Å². The number of alkyl halides is 3. The molecule has 4 nitrogen and oxygen atoms in total. The molecule has 2 rings (SSSR count). The summed E-state index contributed by atoms with van der Waals surface area (Å²) in [6.07, 6.45) is -5.40. The predicted octanol–water partition coefficient (Wildman–Crippen LogP) is 5.40. The molecule has 2 aromatic carbocycles. The minimum Gasteiger partial charge on any atom is -0.475 e. The van der Waals surface area contributed by atoms with Crippen LogP contribution in [0.2, 0.25) is 5.02 Å². The van der Waals surface area contributed by atoms with Gasteiger partial charge in [0.1, 0.15) is 5.75 Å². The SMILES string of the molecule is COC(=O)C(C)Oc1cc(C)ccc1Oc1ccc(C(F)(F)F)cc1Cl. The third-order valence-electron chi connectivity index (χ3n) is 3.42. The summed E-state index contributed by atoms with van der Waals surface area (Å²) in [6, 6.07) is 7.70. The highest BCUT2D eigenvalue weighted by molar-refractivity contribution is 6.32. The third-order valence-corrected chi connectivity index (χ3v) is 3.71. The van der Waals surface area contributed by atoms with Gasteiger partial charge in [0.2, 0.25) is 0 Å². The van der Waals surface area contributed by atoms with Crippen LogP contribution in [0.15, 0.2) is 36.4 Å². The second-order valence-electron chi connectivity index (χ2n) is 5.48. The average molecular weight is 389 g/mol. The first-order valence-electron chi connectivity index (χ1n) is 7.51. The van der Waals surface area contributed by atoms with Gasteiger partial charge in [-0.05, 0) is 49.7 Å². The Morgan fingerprint density at radius 1 is 1.08 bits per heavy atom. The lowest BCUT2D eigenvalue weighted by atomic mass is 10.2. The third kappa shape index (κ3) is 4.82. The molecule has 2 aromatic rings. The van der Waals surface area contributed by atoms with Crippen LogP contribution in [0.1, 0.15) is 18.1 Å². The van der Waals surface area contributed by atoms with Crippen molar-refractivity contribution in [2.75, 3.05) is 7.11 Å². The lowest BCUT2D eigenvalue weighted by Gasteiger charge is -2.17. The molecule has 0 amide bonds. The van der Waals surface area contributed by atoms with Gasteiger partial charge in [-0.3, -0.25) is 0 Å². The smallest absolute Gasteiger partial charge is 0.416 e. The van der Waals surface area contributed by atoms with Gasteiger partial charge in [-0.15, -0.1) is 0 Å². The van der Waals surface area contributed by atoms with Crippen molar-refractivity contribution in [3.8, 4) is 17.2 Å². The molecule has 26 heavy (non-hydrogen) atoms. The number of carbonyl (C=O) groups is 1. The van der Waals surface area contributed by atoms with Crippen molar-refractivity contribution in [2.24, 2.45) is 0 Å². The van der Waals surface area contributed by atoms with Crippen molar-refractivity contribution < 1.29 is 32.2 Å². The van der Waals surface area contributed by atoms with Crippen LogP contribution in [0.25, 0.3) is 0 Å². The number of rotatable bonds is 5. The molecule has 0 spiro atoms. The number of benzene rings is 2. The highest BCUT2D eigenvalue weighted by Gasteiger charge is 2.31. The fourth-order valence-corrected chi connectivity index (χ4v) is 2.29. The molecule has 8 heteroatoms. The first kappa shape index (κ1) is 19.9. The molecule has 0 N–H and O–H groups in total. The Morgan fingerprint density at radius 2 is 1.73 bits per heavy atom. The summed E-state index contributed by atoms with van der Waals surface area (Å²) in [7, 11) is 1.23. The van der Waals surface area contributed by atoms with Crippen LogP contribution in [-0.4, -0.2) is 19.2 Å². The van der Waals surface area contributed by atoms with E-state index >= 15 is 0 Å². The monoisotopic (exact) mass is 388 g/mol. The van der Waals surface area contributed by atoms with Crippen LogP contribution in [0.4, 0.5) is 13.2 Å². The minimum absolute atomic E-state index is 0.0269. The molecule has 0 heterocycles. The molecule has 0 bridgehead atoms. The zero-order valence-corrected chi connectivity index (χ0v) is 14.9. The molecule has 0 saturated heterocycles. The number of aryl methyl sites for hydroxylation is 1. The molecule has 1 atom stereocenters. The molecule has 0 aromatic heterocycles. The van der Waals surface area contributed by atoms with E-state index in [1.165, 1.54) is 14.0 Å². The van der Waals surface area contributed by atoms with Gasteiger partial charge in [0, 0.05) is 0 Å². The van der Waals surface area contributed by atoms with E-state index in [-0.39, 0.29) is 22.3 Å². The molecule has 0 aliphatic carbocycles. The predicted molar refractivity (Wildman–Crippen MR) is 89.8 cm³/mol. The molecular formula is C18H16ClF3O4. The Balaban J connectivity index is 2.31. The van der Waals surface area contributed by atoms with E-state index in [2.05, 4.69) is 4.74 Å². The molecule has 0 radical (unpaired) electrons. The van der Waals surface area contributed by atoms with Gasteiger partial charge in [-0.25, -0.2) is 4.79 Å². The summed E-state index contributed by atoms with van der Waals surface area (Å²) < 4.78 is 53.9. The first-order valence-corrected chi connectivity index (χ1v) is 7.89. The molecular weight excluding hydrogens is 373 g/mol. The number of hydrogen-bond donors (Lipinski definition) is 0. The van der Waals surface area contributed by atoms with Crippen LogP contribution in [0.5, 0.6) is 17.2 Å². The minimum atomic E-state index is -4.50. The standard InChI is InChI=1S/C18H16ClF3O4/c1-10-4-6-15(16(8-10)25-11(2)17(23)24-3)26-14-7-5-12(9-13(14)19)18(20,21)22/h4-9,11H,1-3H3. The number of hydrogen-bond acceptors (Lipinski definition) is 4. The van der Waals surface area contributed by atoms with E-state index in [1.807, 2.05) is 6.92 Å². The van der Waals surface area contributed by atoms with Gasteiger partial charge in [0.05, 0.1) is 17.7 Å². The fraction of sp³-hybridized carbons (Fsp3) is 0.278. The van der Waals surface area contributed by atoms with E-state index in [0.29, 0.717) is 0 Å². The summed E-state index contributed by atoms with van der Waals surface area (Å²) >= 11 is 5.91. The van der Waals surface area contributed by atoms with E-state index in [9.17, 15) is 18.0 Å². The van der Waals surface area contributed by atoms with Crippen LogP contribution < -0.4 is 9.47 Å². The van der Waals surface area contributed by atoms with E-state index in [0.717, 1.165) is 23.8 Å². The van der Waals surface area contributed by atoms with E-state index in [4.69, 9.17) is 21.1 Å². The Bertz CT molecular complexity index is 806. The average Bonchev–Trinajstić information content (AvgIpc) is 2.57. The van der Waals surface area contributed by atoms with Crippen LogP contribution in [-0.2, 0) is 15.7 Å². The quantitative estimate of drug-likeness (QED) is 0.643. The highest BCUT2D eigenvalue weighted by Crippen LogP contribution is 2.39. The molecule has 0 aliphatic heterocycles. The van der Waals surface area contributed by atoms with Gasteiger partial charge in [0.25, 0.3) is 0 Å². The Morgan fingerprint density at radius 3 is 2.31 bits per heavy atom. The molecule has 140 valence electrons. The van der Waals surface area contributed by atoms with Gasteiger partial charge in [-0.2, -0.15) is 13.2 Å². The Hall–Kier alpha value is -2.41. The zero-order valence-electron chi connectivity index (χ0n) is 14.2. The van der Waals surface area contributed by atoms with E-state index < -0.39 is 23.8 Å². The molecule has 1 unspecified atom stereocenters. The Kier molecular flexibility index (Phi) is 6.02. The summed E-state index contributed by atoms with van der Waals surface area (Å²) in [6.45, 7) is 3.31. The van der Waals surface area contributed by atoms with Crippen molar-refractivity contribution in [2.45, 2.75) is 26.1 Å². The number of esters is 1. The normalized spacial score (nSPS) is 12.4. The molecule has 0 fully saturated rings. The van der Waals surface area contributed by atoms with Gasteiger partial charge in [-0.1, -0.05) is 17.7 Å². The number of ether oxygens (including phenoxy) is 3. The summed E-state index contributed by atoms with van der Waals surface area (Å²) in [5.41, 5.74) is -0.0440. The van der Waals surface area contributed by atoms with Crippen molar-refractivity contribution in [1.29, 1.82) is 0 Å². The topological polar surface area (TPSA) is 44.8 Å². The lowest BCUT2D eigenvalue weighted by molar-refractivity contribution is -0.148. The summed E-state index contributed by atoms with van der Waals surface area (Å²) in [5.74, 6) is -0.115. The molecule has 0 saturated carbocycles. The van der Waals surface area contributed by atoms with Crippen molar-refractivity contribution in [1.82, 2.24) is 0 Å². The maximum atomic E-state index is 12.7. The van der Waals surface area contributed by atoms with Gasteiger partial charge in [0.15, 0.2) is 17.6 Å². The van der Waals surface area contributed by atoms with E-state index in [1.54, 1.807) is 18.2 Å². The largest absolute Gasteiger partial charge is 0.475 e. The number of methoxy groups -OCH3 is 1. The second kappa shape index (κ2) is 7.86. The summed E-state index contributed by atoms with van der Waals surface area (Å²) in [5, 5.41) is -0.202. The highest BCUT2D eigenvalue weighted by atomic mass is 35.5. The van der Waals surface area contributed by atoms with Crippen molar-refractivity contribution in [3.63, 3.8) is 0 Å². The van der Waals surface area contributed by atoms with Crippen LogP contribution >= 0.6 is 11.6 Å². The second-order valence-corrected chi connectivity index (χ2v) is 5.89. The maximum absolute atomic E-state index is 12.7. The van der Waals surface area contributed by atoms with Crippen LogP contribution in [0, 0.1) is 6.92 Å². The molecule has 0 aliphatic rings. The maximum Gasteiger partial charge on any atom is 0.416 e. The van der Waals surface area contributed by atoms with Crippen molar-refractivity contribution >= 4 is 17.6 Å². The zero-order chi connectivity index (χ0) is 19.5. The fourth-order valence-electron chi connectivity index (χ4n) is 2.07. The van der Waals surface area contributed by atoms with Crippen LogP contribution in [0.3, 0.4) is 0 Å². The lowest BCUT2D eigenvalue weighted by Crippen LogP contribution is -2.25.